The smallest absolute Gasteiger partial charge is 0.231 e. The molecule has 3 nitrogen and oxygen atoms in total. The molecule has 0 aromatic heterocycles. The molecule has 104 valence electrons. The van der Waals surface area contributed by atoms with E-state index in [1.165, 1.54) is 12.1 Å². The monoisotopic (exact) mass is 337 g/mol. The number of rotatable bonds is 3. The first-order valence-electron chi connectivity index (χ1n) is 6.21. The molecule has 3 rings (SSSR count). The van der Waals surface area contributed by atoms with Crippen molar-refractivity contribution in [3.8, 4) is 11.5 Å². The van der Waals surface area contributed by atoms with E-state index in [1.807, 2.05) is 19.1 Å². The Hall–Kier alpha value is -1.75. The fourth-order valence-corrected chi connectivity index (χ4v) is 2.71. The lowest BCUT2D eigenvalue weighted by Crippen LogP contribution is -2.01. The highest BCUT2D eigenvalue weighted by Gasteiger charge is 2.17. The normalized spacial score (nSPS) is 12.6. The Morgan fingerprint density at radius 1 is 1.25 bits per heavy atom. The van der Waals surface area contributed by atoms with Gasteiger partial charge < -0.3 is 14.8 Å². The predicted octanol–water partition coefficient (Wildman–Crippen LogP) is 4.24. The summed E-state index contributed by atoms with van der Waals surface area (Å²) in [6, 6.07) is 8.60. The Labute approximate surface area is 124 Å². The Bertz CT molecular complexity index is 661. The van der Waals surface area contributed by atoms with Crippen LogP contribution in [0, 0.1) is 12.7 Å². The average molecular weight is 338 g/mol. The van der Waals surface area contributed by atoms with E-state index >= 15 is 0 Å². The lowest BCUT2D eigenvalue weighted by atomic mass is 10.1. The maximum absolute atomic E-state index is 13.2. The average Bonchev–Trinajstić information content (AvgIpc) is 2.89. The minimum absolute atomic E-state index is 0.244. The summed E-state index contributed by atoms with van der Waals surface area (Å²) in [4.78, 5) is 0. The fraction of sp³-hybridized carbons (Fsp3) is 0.200. The molecule has 1 aliphatic heterocycles. The molecule has 5 heteroatoms. The molecule has 0 spiro atoms. The van der Waals surface area contributed by atoms with Gasteiger partial charge in [0.2, 0.25) is 6.79 Å². The van der Waals surface area contributed by atoms with E-state index in [9.17, 15) is 4.39 Å². The highest BCUT2D eigenvalue weighted by molar-refractivity contribution is 9.10. The second-order valence-electron chi connectivity index (χ2n) is 4.62. The third-order valence-electron chi connectivity index (χ3n) is 3.17. The quantitative estimate of drug-likeness (QED) is 0.908. The number of nitrogens with one attached hydrogen (secondary N) is 1. The van der Waals surface area contributed by atoms with E-state index in [4.69, 9.17) is 9.47 Å². The van der Waals surface area contributed by atoms with E-state index in [2.05, 4.69) is 21.2 Å². The van der Waals surface area contributed by atoms with E-state index in [1.54, 1.807) is 6.07 Å². The van der Waals surface area contributed by atoms with Gasteiger partial charge in [0.1, 0.15) is 5.82 Å². The Kier molecular flexibility index (Phi) is 3.53. The molecular weight excluding hydrogens is 325 g/mol. The maximum atomic E-state index is 13.2. The highest BCUT2D eigenvalue weighted by Crippen LogP contribution is 2.40. The van der Waals surface area contributed by atoms with Gasteiger partial charge in [-0.1, -0.05) is 6.07 Å². The van der Waals surface area contributed by atoms with Crippen LogP contribution < -0.4 is 14.8 Å². The van der Waals surface area contributed by atoms with Crippen LogP contribution in [0.2, 0.25) is 0 Å². The molecule has 2 aromatic rings. The van der Waals surface area contributed by atoms with Crippen molar-refractivity contribution in [1.29, 1.82) is 0 Å². The van der Waals surface area contributed by atoms with Gasteiger partial charge in [0, 0.05) is 12.2 Å². The number of hydrogen-bond donors (Lipinski definition) is 1. The molecule has 0 unspecified atom stereocenters. The standard InChI is InChI=1S/C15H13BrFNO2/c1-9-2-3-11(17)6-13(9)18-7-10-4-12(16)15-14(5-10)19-8-20-15/h2-6,18H,7-8H2,1H3. The van der Waals surface area contributed by atoms with Crippen LogP contribution >= 0.6 is 15.9 Å². The third-order valence-corrected chi connectivity index (χ3v) is 3.76. The predicted molar refractivity (Wildman–Crippen MR) is 78.7 cm³/mol. The first kappa shape index (κ1) is 13.2. The molecule has 1 aliphatic rings. The molecule has 1 N–H and O–H groups in total. The summed E-state index contributed by atoms with van der Waals surface area (Å²) in [7, 11) is 0. The lowest BCUT2D eigenvalue weighted by molar-refractivity contribution is 0.173. The van der Waals surface area contributed by atoms with Crippen molar-refractivity contribution in [2.24, 2.45) is 0 Å². The van der Waals surface area contributed by atoms with E-state index in [0.717, 1.165) is 32.8 Å². The molecule has 0 saturated heterocycles. The molecule has 1 heterocycles. The number of aryl methyl sites for hydroxylation is 1. The Balaban J connectivity index is 1.79. The van der Waals surface area contributed by atoms with Gasteiger partial charge in [-0.25, -0.2) is 4.39 Å². The minimum Gasteiger partial charge on any atom is -0.454 e. The van der Waals surface area contributed by atoms with Gasteiger partial charge in [0.05, 0.1) is 4.47 Å². The van der Waals surface area contributed by atoms with Crippen LogP contribution in [0.15, 0.2) is 34.8 Å². The molecule has 0 amide bonds. The first-order valence-corrected chi connectivity index (χ1v) is 7.01. The Morgan fingerprint density at radius 2 is 2.10 bits per heavy atom. The summed E-state index contributed by atoms with van der Waals surface area (Å²) in [5.74, 6) is 1.22. The first-order chi connectivity index (χ1) is 9.63. The largest absolute Gasteiger partial charge is 0.454 e. The fourth-order valence-electron chi connectivity index (χ4n) is 2.10. The molecule has 0 fully saturated rings. The molecule has 2 aromatic carbocycles. The molecule has 0 atom stereocenters. The van der Waals surface area contributed by atoms with Crippen molar-refractivity contribution in [3.05, 3.63) is 51.7 Å². The summed E-state index contributed by atoms with van der Waals surface area (Å²) in [5.41, 5.74) is 2.83. The van der Waals surface area contributed by atoms with Crippen LogP contribution in [0.5, 0.6) is 11.5 Å². The SMILES string of the molecule is Cc1ccc(F)cc1NCc1cc(Br)c2c(c1)OCO2. The molecule has 0 bridgehead atoms. The number of fused-ring (bicyclic) bond motifs is 1. The summed E-state index contributed by atoms with van der Waals surface area (Å²) in [6.07, 6.45) is 0. The van der Waals surface area contributed by atoms with Gasteiger partial charge in [-0.3, -0.25) is 0 Å². The van der Waals surface area contributed by atoms with E-state index in [-0.39, 0.29) is 12.6 Å². The van der Waals surface area contributed by atoms with Crippen molar-refractivity contribution in [3.63, 3.8) is 0 Å². The summed E-state index contributed by atoms with van der Waals surface area (Å²) in [5, 5.41) is 3.23. The zero-order chi connectivity index (χ0) is 14.1. The molecule has 0 aliphatic carbocycles. The van der Waals surface area contributed by atoms with Crippen LogP contribution in [0.4, 0.5) is 10.1 Å². The van der Waals surface area contributed by atoms with E-state index < -0.39 is 0 Å². The van der Waals surface area contributed by atoms with Crippen LogP contribution in [0.1, 0.15) is 11.1 Å². The van der Waals surface area contributed by atoms with Crippen LogP contribution in [0.25, 0.3) is 0 Å². The van der Waals surface area contributed by atoms with Crippen molar-refractivity contribution in [1.82, 2.24) is 0 Å². The van der Waals surface area contributed by atoms with Gasteiger partial charge >= 0.3 is 0 Å². The molecular formula is C15H13BrFNO2. The number of ether oxygens (including phenoxy) is 2. The number of halogens is 2. The number of hydrogen-bond acceptors (Lipinski definition) is 3. The van der Waals surface area contributed by atoms with Crippen LogP contribution in [0.3, 0.4) is 0 Å². The second-order valence-corrected chi connectivity index (χ2v) is 5.48. The number of benzene rings is 2. The summed E-state index contributed by atoms with van der Waals surface area (Å²) < 4.78 is 24.8. The van der Waals surface area contributed by atoms with Crippen molar-refractivity contribution in [2.75, 3.05) is 12.1 Å². The Morgan fingerprint density at radius 3 is 2.95 bits per heavy atom. The maximum Gasteiger partial charge on any atom is 0.231 e. The lowest BCUT2D eigenvalue weighted by Gasteiger charge is -2.11. The second kappa shape index (κ2) is 5.32. The summed E-state index contributed by atoms with van der Waals surface area (Å²) >= 11 is 3.46. The van der Waals surface area contributed by atoms with Gasteiger partial charge in [0.25, 0.3) is 0 Å². The van der Waals surface area contributed by atoms with E-state index in [0.29, 0.717) is 6.54 Å². The zero-order valence-electron chi connectivity index (χ0n) is 10.9. The van der Waals surface area contributed by atoms with Crippen molar-refractivity contribution in [2.45, 2.75) is 13.5 Å². The molecule has 20 heavy (non-hydrogen) atoms. The number of anilines is 1. The molecule has 0 saturated carbocycles. The van der Waals surface area contributed by atoms with Gasteiger partial charge in [-0.15, -0.1) is 0 Å². The van der Waals surface area contributed by atoms with Crippen LogP contribution in [-0.4, -0.2) is 6.79 Å². The highest BCUT2D eigenvalue weighted by atomic mass is 79.9. The summed E-state index contributed by atoms with van der Waals surface area (Å²) in [6.45, 7) is 2.77. The third kappa shape index (κ3) is 2.58. The minimum atomic E-state index is -0.245. The van der Waals surface area contributed by atoms with Crippen molar-refractivity contribution >= 4 is 21.6 Å². The molecule has 0 radical (unpaired) electrons. The van der Waals surface area contributed by atoms with Gasteiger partial charge in [0.15, 0.2) is 11.5 Å². The zero-order valence-corrected chi connectivity index (χ0v) is 12.5. The van der Waals surface area contributed by atoms with Crippen LogP contribution in [-0.2, 0) is 6.54 Å². The van der Waals surface area contributed by atoms with Gasteiger partial charge in [-0.2, -0.15) is 0 Å². The van der Waals surface area contributed by atoms with Gasteiger partial charge in [-0.05, 0) is 58.2 Å². The van der Waals surface area contributed by atoms with Crippen molar-refractivity contribution < 1.29 is 13.9 Å². The topological polar surface area (TPSA) is 30.5 Å².